The molecule has 0 aromatic heterocycles. The van der Waals surface area contributed by atoms with Crippen LogP contribution in [0.25, 0.3) is 0 Å². The summed E-state index contributed by atoms with van der Waals surface area (Å²) in [4.78, 5) is 0.0116. The molecule has 1 aromatic rings. The van der Waals surface area contributed by atoms with E-state index in [1.807, 2.05) is 0 Å². The first kappa shape index (κ1) is 14.9. The van der Waals surface area contributed by atoms with Gasteiger partial charge in [-0.1, -0.05) is 6.07 Å². The van der Waals surface area contributed by atoms with Gasteiger partial charge in [-0.15, -0.1) is 0 Å². The third kappa shape index (κ3) is 2.70. The molecule has 2 aliphatic heterocycles. The smallest absolute Gasteiger partial charge is 0.243 e. The summed E-state index contributed by atoms with van der Waals surface area (Å²) in [5, 5.41) is 0. The Bertz CT molecular complexity index is 640. The van der Waals surface area contributed by atoms with Crippen LogP contribution in [0.4, 0.5) is 4.39 Å². The molecule has 7 heteroatoms. The Morgan fingerprint density at radius 3 is 2.71 bits per heavy atom. The number of piperidine rings is 1. The summed E-state index contributed by atoms with van der Waals surface area (Å²) in [7, 11) is -3.75. The summed E-state index contributed by atoms with van der Waals surface area (Å²) in [6.07, 6.45) is 1.34. The standard InChI is InChI=1S/C14H18FNO4S/c1-11-3-4-12(15)9-13(11)21(17,18)16-6-2-5-14(10-16)19-7-8-20-14/h3-4,9H,2,5-8,10H2,1H3. The highest BCUT2D eigenvalue weighted by atomic mass is 32.2. The van der Waals surface area contributed by atoms with Crippen molar-refractivity contribution in [3.8, 4) is 0 Å². The van der Waals surface area contributed by atoms with E-state index in [0.29, 0.717) is 38.2 Å². The van der Waals surface area contributed by atoms with Crippen molar-refractivity contribution in [1.29, 1.82) is 0 Å². The van der Waals surface area contributed by atoms with Crippen molar-refractivity contribution in [2.24, 2.45) is 0 Å². The lowest BCUT2D eigenvalue weighted by molar-refractivity contribution is -0.179. The molecule has 2 aliphatic rings. The monoisotopic (exact) mass is 315 g/mol. The van der Waals surface area contributed by atoms with E-state index in [9.17, 15) is 12.8 Å². The van der Waals surface area contributed by atoms with Crippen LogP contribution in [0.2, 0.25) is 0 Å². The van der Waals surface area contributed by atoms with Crippen LogP contribution >= 0.6 is 0 Å². The number of hydrogen-bond acceptors (Lipinski definition) is 4. The van der Waals surface area contributed by atoms with E-state index in [0.717, 1.165) is 6.07 Å². The van der Waals surface area contributed by atoms with Gasteiger partial charge in [0.15, 0.2) is 5.79 Å². The van der Waals surface area contributed by atoms with Crippen LogP contribution < -0.4 is 0 Å². The zero-order valence-corrected chi connectivity index (χ0v) is 12.7. The minimum atomic E-state index is -3.75. The van der Waals surface area contributed by atoms with E-state index in [-0.39, 0.29) is 11.4 Å². The molecule has 2 fully saturated rings. The van der Waals surface area contributed by atoms with Crippen LogP contribution in [0, 0.1) is 12.7 Å². The number of aryl methyl sites for hydroxylation is 1. The van der Waals surface area contributed by atoms with Crippen LogP contribution in [0.5, 0.6) is 0 Å². The maximum Gasteiger partial charge on any atom is 0.243 e. The molecule has 0 bridgehead atoms. The number of benzene rings is 1. The molecule has 2 heterocycles. The molecule has 21 heavy (non-hydrogen) atoms. The fraction of sp³-hybridized carbons (Fsp3) is 0.571. The van der Waals surface area contributed by atoms with E-state index in [1.165, 1.54) is 16.4 Å². The van der Waals surface area contributed by atoms with Gasteiger partial charge in [-0.05, 0) is 31.0 Å². The number of rotatable bonds is 2. The van der Waals surface area contributed by atoms with Gasteiger partial charge in [0.2, 0.25) is 10.0 Å². The lowest BCUT2D eigenvalue weighted by Gasteiger charge is -2.37. The predicted molar refractivity (Wildman–Crippen MR) is 73.8 cm³/mol. The highest BCUT2D eigenvalue weighted by Gasteiger charge is 2.44. The average molecular weight is 315 g/mol. The first-order valence-electron chi connectivity index (χ1n) is 6.97. The number of hydrogen-bond donors (Lipinski definition) is 0. The Labute approximate surface area is 123 Å². The molecule has 3 rings (SSSR count). The zero-order valence-electron chi connectivity index (χ0n) is 11.8. The third-order valence-electron chi connectivity index (χ3n) is 3.96. The van der Waals surface area contributed by atoms with Crippen molar-refractivity contribution in [2.45, 2.75) is 30.4 Å². The summed E-state index contributed by atoms with van der Waals surface area (Å²) in [5.74, 6) is -1.38. The van der Waals surface area contributed by atoms with Crippen LogP contribution in [-0.2, 0) is 19.5 Å². The van der Waals surface area contributed by atoms with E-state index in [2.05, 4.69) is 0 Å². The maximum atomic E-state index is 13.4. The molecule has 0 atom stereocenters. The number of ether oxygens (including phenoxy) is 2. The Morgan fingerprint density at radius 1 is 1.29 bits per heavy atom. The van der Waals surface area contributed by atoms with Crippen LogP contribution in [0.15, 0.2) is 23.1 Å². The number of sulfonamides is 1. The molecule has 1 aromatic carbocycles. The van der Waals surface area contributed by atoms with E-state index in [1.54, 1.807) is 6.92 Å². The minimum Gasteiger partial charge on any atom is -0.346 e. The van der Waals surface area contributed by atoms with Gasteiger partial charge < -0.3 is 9.47 Å². The van der Waals surface area contributed by atoms with Crippen LogP contribution in [-0.4, -0.2) is 44.8 Å². The fourth-order valence-electron chi connectivity index (χ4n) is 2.88. The van der Waals surface area contributed by atoms with Crippen molar-refractivity contribution in [2.75, 3.05) is 26.3 Å². The third-order valence-corrected chi connectivity index (χ3v) is 5.95. The SMILES string of the molecule is Cc1ccc(F)cc1S(=O)(=O)N1CCCC2(C1)OCCO2. The Hall–Kier alpha value is -1.02. The van der Waals surface area contributed by atoms with Gasteiger partial charge in [0, 0.05) is 13.0 Å². The number of halogens is 1. The van der Waals surface area contributed by atoms with Gasteiger partial charge in [0.25, 0.3) is 0 Å². The molecule has 0 amide bonds. The summed E-state index contributed by atoms with van der Waals surface area (Å²) >= 11 is 0. The Kier molecular flexibility index (Phi) is 3.77. The molecular weight excluding hydrogens is 297 g/mol. The van der Waals surface area contributed by atoms with E-state index < -0.39 is 21.6 Å². The molecule has 2 saturated heterocycles. The summed E-state index contributed by atoms with van der Waals surface area (Å²) in [6.45, 7) is 3.17. The van der Waals surface area contributed by atoms with E-state index >= 15 is 0 Å². The minimum absolute atomic E-state index is 0.0116. The summed E-state index contributed by atoms with van der Waals surface area (Å²) in [5.41, 5.74) is 0.532. The van der Waals surface area contributed by atoms with Gasteiger partial charge in [-0.3, -0.25) is 0 Å². The maximum absolute atomic E-state index is 13.4. The second-order valence-electron chi connectivity index (χ2n) is 5.46. The van der Waals surface area contributed by atoms with Crippen molar-refractivity contribution in [3.05, 3.63) is 29.6 Å². The van der Waals surface area contributed by atoms with Gasteiger partial charge in [0.1, 0.15) is 5.82 Å². The average Bonchev–Trinajstić information content (AvgIpc) is 2.89. The normalized spacial score (nSPS) is 22.8. The van der Waals surface area contributed by atoms with Gasteiger partial charge >= 0.3 is 0 Å². The molecule has 0 aliphatic carbocycles. The largest absolute Gasteiger partial charge is 0.346 e. The second kappa shape index (κ2) is 5.31. The van der Waals surface area contributed by atoms with Crippen molar-refractivity contribution < 1.29 is 22.3 Å². The highest BCUT2D eigenvalue weighted by Crippen LogP contribution is 2.33. The topological polar surface area (TPSA) is 55.8 Å². The Balaban J connectivity index is 1.92. The highest BCUT2D eigenvalue weighted by molar-refractivity contribution is 7.89. The molecule has 5 nitrogen and oxygen atoms in total. The van der Waals surface area contributed by atoms with Crippen molar-refractivity contribution >= 4 is 10.0 Å². The second-order valence-corrected chi connectivity index (χ2v) is 7.37. The van der Waals surface area contributed by atoms with E-state index in [4.69, 9.17) is 9.47 Å². The van der Waals surface area contributed by atoms with Crippen molar-refractivity contribution in [1.82, 2.24) is 4.31 Å². The van der Waals surface area contributed by atoms with Gasteiger partial charge in [0.05, 0.1) is 24.7 Å². The molecule has 116 valence electrons. The first-order valence-corrected chi connectivity index (χ1v) is 8.41. The van der Waals surface area contributed by atoms with Gasteiger partial charge in [-0.25, -0.2) is 12.8 Å². The molecular formula is C14H18FNO4S. The van der Waals surface area contributed by atoms with Gasteiger partial charge in [-0.2, -0.15) is 4.31 Å². The quantitative estimate of drug-likeness (QED) is 0.833. The molecule has 0 saturated carbocycles. The van der Waals surface area contributed by atoms with Crippen LogP contribution in [0.3, 0.4) is 0 Å². The molecule has 1 spiro atoms. The van der Waals surface area contributed by atoms with Crippen molar-refractivity contribution in [3.63, 3.8) is 0 Å². The molecule has 0 N–H and O–H groups in total. The number of nitrogens with zero attached hydrogens (tertiary/aromatic N) is 1. The van der Waals surface area contributed by atoms with Crippen LogP contribution in [0.1, 0.15) is 18.4 Å². The molecule has 0 unspecified atom stereocenters. The zero-order chi connectivity index (χ0) is 15.1. The predicted octanol–water partition coefficient (Wildman–Crippen LogP) is 1.66. The lowest BCUT2D eigenvalue weighted by Crippen LogP contribution is -2.51. The first-order chi connectivity index (χ1) is 9.93. The fourth-order valence-corrected chi connectivity index (χ4v) is 4.63. The lowest BCUT2D eigenvalue weighted by atomic mass is 10.1. The Morgan fingerprint density at radius 2 is 2.00 bits per heavy atom. The summed E-state index contributed by atoms with van der Waals surface area (Å²) < 4.78 is 51.4. The molecule has 0 radical (unpaired) electrons. The summed E-state index contributed by atoms with van der Waals surface area (Å²) in [6, 6.07) is 3.81.